The molecule has 130 valence electrons. The first kappa shape index (κ1) is 17.0. The van der Waals surface area contributed by atoms with Gasteiger partial charge in [-0.05, 0) is 42.7 Å². The maximum absolute atomic E-state index is 13.1. The first-order valence-corrected chi connectivity index (χ1v) is 9.06. The second-order valence-electron chi connectivity index (χ2n) is 6.11. The van der Waals surface area contributed by atoms with Gasteiger partial charge in [-0.25, -0.2) is 9.97 Å². The van der Waals surface area contributed by atoms with E-state index in [9.17, 15) is 4.79 Å². The number of hydrogen-bond acceptors (Lipinski definition) is 3. The molecule has 1 aliphatic rings. The maximum Gasteiger partial charge on any atom is 0.277 e. The Morgan fingerprint density at radius 2 is 1.85 bits per heavy atom. The van der Waals surface area contributed by atoms with Crippen molar-refractivity contribution in [2.45, 2.75) is 12.8 Å². The van der Waals surface area contributed by atoms with Gasteiger partial charge in [-0.1, -0.05) is 47.5 Å². The molecule has 2 heterocycles. The Morgan fingerprint density at radius 1 is 1.00 bits per heavy atom. The van der Waals surface area contributed by atoms with E-state index in [1.165, 1.54) is 11.9 Å². The molecule has 26 heavy (non-hydrogen) atoms. The third-order valence-electron chi connectivity index (χ3n) is 4.46. The van der Waals surface area contributed by atoms with Crippen LogP contribution in [-0.4, -0.2) is 22.4 Å². The highest BCUT2D eigenvalue weighted by molar-refractivity contribution is 6.42. The van der Waals surface area contributed by atoms with Crippen LogP contribution in [0, 0.1) is 0 Å². The van der Waals surface area contributed by atoms with Gasteiger partial charge in [0.05, 0.1) is 15.7 Å². The molecular formula is C20H15Cl2N3O. The summed E-state index contributed by atoms with van der Waals surface area (Å²) in [6, 6.07) is 15.0. The molecule has 1 amide bonds. The highest BCUT2D eigenvalue weighted by Gasteiger charge is 2.24. The van der Waals surface area contributed by atoms with Gasteiger partial charge in [-0.15, -0.1) is 0 Å². The van der Waals surface area contributed by atoms with Crippen molar-refractivity contribution in [3.8, 4) is 11.3 Å². The molecule has 4 rings (SSSR count). The molecule has 0 radical (unpaired) electrons. The summed E-state index contributed by atoms with van der Waals surface area (Å²) >= 11 is 12.1. The zero-order chi connectivity index (χ0) is 18.1. The number of nitrogens with zero attached hydrogens (tertiary/aromatic N) is 3. The molecule has 0 fully saturated rings. The normalized spacial score (nSPS) is 13.4. The third-order valence-corrected chi connectivity index (χ3v) is 5.20. The molecule has 0 saturated carbocycles. The molecule has 0 bridgehead atoms. The molecular weight excluding hydrogens is 369 g/mol. The lowest BCUT2D eigenvalue weighted by Crippen LogP contribution is -2.36. The fourth-order valence-electron chi connectivity index (χ4n) is 3.17. The van der Waals surface area contributed by atoms with Crippen LogP contribution in [0.25, 0.3) is 11.3 Å². The van der Waals surface area contributed by atoms with Gasteiger partial charge in [-0.3, -0.25) is 4.79 Å². The van der Waals surface area contributed by atoms with E-state index in [-0.39, 0.29) is 5.91 Å². The van der Waals surface area contributed by atoms with Gasteiger partial charge in [0.25, 0.3) is 5.91 Å². The highest BCUT2D eigenvalue weighted by atomic mass is 35.5. The Balaban J connectivity index is 1.69. The van der Waals surface area contributed by atoms with Gasteiger partial charge in [0.1, 0.15) is 12.0 Å². The van der Waals surface area contributed by atoms with E-state index in [1.807, 2.05) is 24.3 Å². The van der Waals surface area contributed by atoms with Crippen molar-refractivity contribution < 1.29 is 4.79 Å². The van der Waals surface area contributed by atoms with Gasteiger partial charge in [0.2, 0.25) is 0 Å². The number of fused-ring (bicyclic) bond motifs is 1. The lowest BCUT2D eigenvalue weighted by atomic mass is 10.0. The first-order valence-electron chi connectivity index (χ1n) is 8.31. The van der Waals surface area contributed by atoms with E-state index in [4.69, 9.17) is 23.2 Å². The van der Waals surface area contributed by atoms with Crippen molar-refractivity contribution in [3.05, 3.63) is 76.2 Å². The first-order chi connectivity index (χ1) is 12.6. The Labute approximate surface area is 161 Å². The second kappa shape index (κ2) is 7.06. The van der Waals surface area contributed by atoms with Crippen molar-refractivity contribution >= 4 is 34.8 Å². The molecule has 6 heteroatoms. The number of aryl methyl sites for hydroxylation is 1. The summed E-state index contributed by atoms with van der Waals surface area (Å²) in [5.74, 6) is -0.124. The number of amides is 1. The van der Waals surface area contributed by atoms with Crippen LogP contribution in [0.15, 0.2) is 54.9 Å². The number of hydrogen-bond donors (Lipinski definition) is 0. The van der Waals surface area contributed by atoms with Crippen LogP contribution in [-0.2, 0) is 6.42 Å². The third kappa shape index (κ3) is 3.18. The quantitative estimate of drug-likeness (QED) is 0.622. The van der Waals surface area contributed by atoms with E-state index in [2.05, 4.69) is 16.0 Å². The van der Waals surface area contributed by atoms with Crippen LogP contribution in [0.4, 0.5) is 5.69 Å². The molecule has 0 saturated heterocycles. The van der Waals surface area contributed by atoms with E-state index in [0.29, 0.717) is 28.0 Å². The summed E-state index contributed by atoms with van der Waals surface area (Å²) in [5.41, 5.74) is 3.92. The minimum absolute atomic E-state index is 0.124. The molecule has 0 aliphatic carbocycles. The minimum atomic E-state index is -0.124. The topological polar surface area (TPSA) is 46.1 Å². The highest BCUT2D eigenvalue weighted by Crippen LogP contribution is 2.30. The SMILES string of the molecule is O=C(c1cc(-c2ccc(Cl)c(Cl)c2)ncn1)N1CCCc2ccccc21. The molecule has 3 aromatic rings. The number of rotatable bonds is 2. The monoisotopic (exact) mass is 383 g/mol. The molecule has 0 N–H and O–H groups in total. The van der Waals surface area contributed by atoms with E-state index < -0.39 is 0 Å². The average molecular weight is 384 g/mol. The fourth-order valence-corrected chi connectivity index (χ4v) is 3.47. The Hall–Kier alpha value is -2.43. The summed E-state index contributed by atoms with van der Waals surface area (Å²) in [7, 11) is 0. The summed E-state index contributed by atoms with van der Waals surface area (Å²) < 4.78 is 0. The predicted molar refractivity (Wildman–Crippen MR) is 104 cm³/mol. The maximum atomic E-state index is 13.1. The molecule has 0 atom stereocenters. The largest absolute Gasteiger partial charge is 0.307 e. The molecule has 4 nitrogen and oxygen atoms in total. The number of anilines is 1. The van der Waals surface area contributed by atoms with Crippen LogP contribution in [0.3, 0.4) is 0 Å². The Bertz CT molecular complexity index is 990. The van der Waals surface area contributed by atoms with Crippen LogP contribution < -0.4 is 4.90 Å². The Kier molecular flexibility index (Phi) is 4.62. The van der Waals surface area contributed by atoms with E-state index in [0.717, 1.165) is 24.1 Å². The van der Waals surface area contributed by atoms with E-state index in [1.54, 1.807) is 23.1 Å². The van der Waals surface area contributed by atoms with Crippen molar-refractivity contribution in [2.24, 2.45) is 0 Å². The van der Waals surface area contributed by atoms with Crippen molar-refractivity contribution in [2.75, 3.05) is 11.4 Å². The lowest BCUT2D eigenvalue weighted by molar-refractivity contribution is 0.0980. The zero-order valence-electron chi connectivity index (χ0n) is 13.8. The van der Waals surface area contributed by atoms with Crippen LogP contribution in [0.1, 0.15) is 22.5 Å². The van der Waals surface area contributed by atoms with Crippen molar-refractivity contribution in [1.29, 1.82) is 0 Å². The number of benzene rings is 2. The number of aromatic nitrogens is 2. The standard InChI is InChI=1S/C20H15Cl2N3O/c21-15-8-7-14(10-16(15)22)17-11-18(24-12-23-17)20(26)25-9-3-5-13-4-1-2-6-19(13)25/h1-2,4,6-8,10-12H,3,5,9H2. The zero-order valence-corrected chi connectivity index (χ0v) is 15.3. The molecule has 2 aromatic carbocycles. The number of carbonyl (C=O) groups excluding carboxylic acids is 1. The number of para-hydroxylation sites is 1. The van der Waals surface area contributed by atoms with Crippen LogP contribution >= 0.6 is 23.2 Å². The number of halogens is 2. The van der Waals surface area contributed by atoms with Crippen molar-refractivity contribution in [3.63, 3.8) is 0 Å². The number of carbonyl (C=O) groups is 1. The molecule has 0 unspecified atom stereocenters. The summed E-state index contributed by atoms with van der Waals surface area (Å²) in [6.45, 7) is 0.682. The van der Waals surface area contributed by atoms with Crippen LogP contribution in [0.2, 0.25) is 10.0 Å². The average Bonchev–Trinajstić information content (AvgIpc) is 2.69. The fraction of sp³-hybridized carbons (Fsp3) is 0.150. The van der Waals surface area contributed by atoms with Crippen LogP contribution in [0.5, 0.6) is 0 Å². The minimum Gasteiger partial charge on any atom is -0.307 e. The second-order valence-corrected chi connectivity index (χ2v) is 6.92. The smallest absolute Gasteiger partial charge is 0.277 e. The summed E-state index contributed by atoms with van der Waals surface area (Å²) in [6.07, 6.45) is 3.33. The predicted octanol–water partition coefficient (Wildman–Crippen LogP) is 5.04. The lowest BCUT2D eigenvalue weighted by Gasteiger charge is -2.29. The van der Waals surface area contributed by atoms with E-state index >= 15 is 0 Å². The molecule has 0 spiro atoms. The van der Waals surface area contributed by atoms with Gasteiger partial charge in [0, 0.05) is 17.8 Å². The van der Waals surface area contributed by atoms with Crippen molar-refractivity contribution in [1.82, 2.24) is 9.97 Å². The summed E-state index contributed by atoms with van der Waals surface area (Å²) in [4.78, 5) is 23.3. The Morgan fingerprint density at radius 3 is 2.69 bits per heavy atom. The van der Waals surface area contributed by atoms with Gasteiger partial charge in [0.15, 0.2) is 0 Å². The summed E-state index contributed by atoms with van der Waals surface area (Å²) in [5, 5.41) is 0.923. The molecule has 1 aromatic heterocycles. The van der Waals surface area contributed by atoms with Gasteiger partial charge < -0.3 is 4.90 Å². The van der Waals surface area contributed by atoms with Gasteiger partial charge >= 0.3 is 0 Å². The van der Waals surface area contributed by atoms with Gasteiger partial charge in [-0.2, -0.15) is 0 Å². The molecule has 1 aliphatic heterocycles.